The fourth-order valence-corrected chi connectivity index (χ4v) is 4.76. The molecule has 0 aromatic rings. The number of rotatable bonds is 5. The second-order valence-corrected chi connectivity index (χ2v) is 6.80. The molecule has 0 bridgehead atoms. The SMILES string of the molecule is CCNC(CC1CCCC1)C1CCCCS1. The van der Waals surface area contributed by atoms with E-state index in [1.54, 1.807) is 0 Å². The van der Waals surface area contributed by atoms with Crippen molar-refractivity contribution in [3.05, 3.63) is 0 Å². The minimum Gasteiger partial charge on any atom is -0.313 e. The average Bonchev–Trinajstić information content (AvgIpc) is 2.83. The molecular weight excluding hydrogens is 214 g/mol. The van der Waals surface area contributed by atoms with Crippen LogP contribution < -0.4 is 5.32 Å². The van der Waals surface area contributed by atoms with Crippen molar-refractivity contribution in [2.45, 2.75) is 69.6 Å². The summed E-state index contributed by atoms with van der Waals surface area (Å²) in [6, 6.07) is 0.804. The fourth-order valence-electron chi connectivity index (χ4n) is 3.32. The fraction of sp³-hybridized carbons (Fsp3) is 1.00. The predicted octanol–water partition coefficient (Wildman–Crippen LogP) is 3.83. The minimum absolute atomic E-state index is 0.804. The molecule has 0 spiro atoms. The van der Waals surface area contributed by atoms with Crippen molar-refractivity contribution in [1.82, 2.24) is 5.32 Å². The van der Waals surface area contributed by atoms with E-state index in [2.05, 4.69) is 24.0 Å². The third kappa shape index (κ3) is 3.66. The molecule has 94 valence electrons. The van der Waals surface area contributed by atoms with Gasteiger partial charge >= 0.3 is 0 Å². The number of hydrogen-bond donors (Lipinski definition) is 1. The number of nitrogens with one attached hydrogen (secondary N) is 1. The van der Waals surface area contributed by atoms with Gasteiger partial charge in [-0.3, -0.25) is 0 Å². The largest absolute Gasteiger partial charge is 0.313 e. The maximum absolute atomic E-state index is 3.76. The second-order valence-electron chi connectivity index (χ2n) is 5.46. The van der Waals surface area contributed by atoms with Gasteiger partial charge in [-0.15, -0.1) is 0 Å². The van der Waals surface area contributed by atoms with Crippen LogP contribution >= 0.6 is 11.8 Å². The van der Waals surface area contributed by atoms with E-state index in [0.29, 0.717) is 0 Å². The third-order valence-electron chi connectivity index (χ3n) is 4.19. The standard InChI is InChI=1S/C14H27NS/c1-2-15-13(11-12-7-3-4-8-12)14-9-5-6-10-16-14/h12-15H,2-11H2,1H3. The van der Waals surface area contributed by atoms with E-state index in [9.17, 15) is 0 Å². The van der Waals surface area contributed by atoms with Crippen molar-refractivity contribution < 1.29 is 0 Å². The van der Waals surface area contributed by atoms with Crippen LogP contribution in [0.2, 0.25) is 0 Å². The summed E-state index contributed by atoms with van der Waals surface area (Å²) in [5, 5.41) is 4.67. The highest BCUT2D eigenvalue weighted by Gasteiger charge is 2.27. The highest BCUT2D eigenvalue weighted by molar-refractivity contribution is 8.00. The van der Waals surface area contributed by atoms with Gasteiger partial charge in [0.15, 0.2) is 0 Å². The van der Waals surface area contributed by atoms with Crippen molar-refractivity contribution >= 4 is 11.8 Å². The van der Waals surface area contributed by atoms with Gasteiger partial charge in [-0.1, -0.05) is 39.0 Å². The van der Waals surface area contributed by atoms with Crippen LogP contribution in [0, 0.1) is 5.92 Å². The van der Waals surface area contributed by atoms with E-state index >= 15 is 0 Å². The first kappa shape index (κ1) is 12.8. The molecule has 1 aliphatic carbocycles. The third-order valence-corrected chi connectivity index (χ3v) is 5.71. The minimum atomic E-state index is 0.804. The zero-order valence-corrected chi connectivity index (χ0v) is 11.5. The molecule has 0 radical (unpaired) electrons. The lowest BCUT2D eigenvalue weighted by Gasteiger charge is -2.32. The van der Waals surface area contributed by atoms with Crippen LogP contribution in [0.15, 0.2) is 0 Å². The lowest BCUT2D eigenvalue weighted by atomic mass is 9.94. The molecule has 2 unspecified atom stereocenters. The average molecular weight is 241 g/mol. The van der Waals surface area contributed by atoms with Gasteiger partial charge in [-0.2, -0.15) is 11.8 Å². The summed E-state index contributed by atoms with van der Waals surface area (Å²) in [5.41, 5.74) is 0. The highest BCUT2D eigenvalue weighted by Crippen LogP contribution is 2.34. The topological polar surface area (TPSA) is 12.0 Å². The van der Waals surface area contributed by atoms with E-state index < -0.39 is 0 Å². The molecule has 2 fully saturated rings. The molecule has 1 saturated heterocycles. The molecule has 0 aromatic heterocycles. The Hall–Kier alpha value is 0.310. The Morgan fingerprint density at radius 3 is 2.50 bits per heavy atom. The van der Waals surface area contributed by atoms with Crippen LogP contribution in [-0.4, -0.2) is 23.6 Å². The van der Waals surface area contributed by atoms with Crippen LogP contribution in [0.4, 0.5) is 0 Å². The van der Waals surface area contributed by atoms with Gasteiger partial charge < -0.3 is 5.32 Å². The molecule has 2 aliphatic rings. The molecule has 2 atom stereocenters. The summed E-state index contributed by atoms with van der Waals surface area (Å²) < 4.78 is 0. The number of thioether (sulfide) groups is 1. The Labute approximate surface area is 105 Å². The smallest absolute Gasteiger partial charge is 0.0201 e. The summed E-state index contributed by atoms with van der Waals surface area (Å²) in [7, 11) is 0. The van der Waals surface area contributed by atoms with Crippen molar-refractivity contribution in [1.29, 1.82) is 0 Å². The van der Waals surface area contributed by atoms with E-state index in [4.69, 9.17) is 0 Å². The van der Waals surface area contributed by atoms with Crippen LogP contribution in [0.25, 0.3) is 0 Å². The van der Waals surface area contributed by atoms with Crippen LogP contribution in [0.3, 0.4) is 0 Å². The van der Waals surface area contributed by atoms with Crippen LogP contribution in [-0.2, 0) is 0 Å². The van der Waals surface area contributed by atoms with Crippen molar-refractivity contribution in [3.63, 3.8) is 0 Å². The molecule has 2 rings (SSSR count). The van der Waals surface area contributed by atoms with Gasteiger partial charge in [0.05, 0.1) is 0 Å². The van der Waals surface area contributed by atoms with Gasteiger partial charge in [0, 0.05) is 11.3 Å². The molecule has 2 heteroatoms. The van der Waals surface area contributed by atoms with Gasteiger partial charge in [-0.05, 0) is 37.5 Å². The molecule has 16 heavy (non-hydrogen) atoms. The first-order valence-corrected chi connectivity index (χ1v) is 8.30. The van der Waals surface area contributed by atoms with Gasteiger partial charge in [0.2, 0.25) is 0 Å². The van der Waals surface area contributed by atoms with Crippen molar-refractivity contribution in [2.24, 2.45) is 5.92 Å². The second kappa shape index (κ2) is 6.90. The normalized spacial score (nSPS) is 29.4. The summed E-state index contributed by atoms with van der Waals surface area (Å²) in [6.07, 6.45) is 11.8. The molecule has 1 N–H and O–H groups in total. The summed E-state index contributed by atoms with van der Waals surface area (Å²) in [6.45, 7) is 3.41. The summed E-state index contributed by atoms with van der Waals surface area (Å²) in [5.74, 6) is 2.43. The first-order valence-electron chi connectivity index (χ1n) is 7.25. The molecule has 0 amide bonds. The van der Waals surface area contributed by atoms with E-state index in [-0.39, 0.29) is 0 Å². The Morgan fingerprint density at radius 2 is 1.88 bits per heavy atom. The lowest BCUT2D eigenvalue weighted by Crippen LogP contribution is -2.40. The molecule has 1 nitrogen and oxygen atoms in total. The summed E-state index contributed by atoms with van der Waals surface area (Å²) >= 11 is 2.23. The Kier molecular flexibility index (Phi) is 5.51. The van der Waals surface area contributed by atoms with Gasteiger partial charge in [0.25, 0.3) is 0 Å². The van der Waals surface area contributed by atoms with Gasteiger partial charge in [-0.25, -0.2) is 0 Å². The zero-order valence-electron chi connectivity index (χ0n) is 10.7. The highest BCUT2D eigenvalue weighted by atomic mass is 32.2. The monoisotopic (exact) mass is 241 g/mol. The van der Waals surface area contributed by atoms with E-state index in [1.165, 1.54) is 57.1 Å². The lowest BCUT2D eigenvalue weighted by molar-refractivity contribution is 0.371. The van der Waals surface area contributed by atoms with E-state index in [0.717, 1.165) is 23.8 Å². The Balaban J connectivity index is 1.82. The molecule has 1 saturated carbocycles. The summed E-state index contributed by atoms with van der Waals surface area (Å²) in [4.78, 5) is 0. The van der Waals surface area contributed by atoms with Crippen molar-refractivity contribution in [2.75, 3.05) is 12.3 Å². The Morgan fingerprint density at radius 1 is 1.12 bits per heavy atom. The molecule has 1 aliphatic heterocycles. The molecule has 1 heterocycles. The number of hydrogen-bond acceptors (Lipinski definition) is 2. The van der Waals surface area contributed by atoms with Gasteiger partial charge in [0.1, 0.15) is 0 Å². The predicted molar refractivity (Wildman–Crippen MR) is 74.1 cm³/mol. The van der Waals surface area contributed by atoms with Crippen molar-refractivity contribution in [3.8, 4) is 0 Å². The maximum Gasteiger partial charge on any atom is 0.0201 e. The maximum atomic E-state index is 3.76. The molecule has 0 aromatic carbocycles. The quantitative estimate of drug-likeness (QED) is 0.785. The van der Waals surface area contributed by atoms with Crippen LogP contribution in [0.5, 0.6) is 0 Å². The van der Waals surface area contributed by atoms with E-state index in [1.807, 2.05) is 0 Å². The molecular formula is C14H27NS. The zero-order chi connectivity index (χ0) is 11.2. The first-order chi connectivity index (χ1) is 7.90. The Bertz CT molecular complexity index is 183. The van der Waals surface area contributed by atoms with Crippen LogP contribution in [0.1, 0.15) is 58.3 Å².